The molecule has 0 fully saturated rings. The second-order valence-electron chi connectivity index (χ2n) is 11.7. The maximum Gasteiger partial charge on any atom is 0.206 e. The van der Waals surface area contributed by atoms with Crippen LogP contribution >= 0.6 is 0 Å². The van der Waals surface area contributed by atoms with Crippen LogP contribution in [0.1, 0.15) is 46.7 Å². The van der Waals surface area contributed by atoms with Gasteiger partial charge in [-0.05, 0) is 65.2 Å². The summed E-state index contributed by atoms with van der Waals surface area (Å²) in [5.74, 6) is 0. The number of rotatable bonds is 12. The first kappa shape index (κ1) is 43.1. The summed E-state index contributed by atoms with van der Waals surface area (Å²) in [6, 6.07) is 48.1. The topological polar surface area (TPSA) is 164 Å². The fraction of sp³-hybridized carbons (Fsp3) is 0.140. The lowest BCUT2D eigenvalue weighted by atomic mass is 10.1. The Balaban J connectivity index is 0.000000240. The number of carbonyl (C=O) groups is 1. The van der Waals surface area contributed by atoms with E-state index in [-0.39, 0.29) is 33.6 Å². The highest BCUT2D eigenvalue weighted by atomic mass is 32.2. The third-order valence-electron chi connectivity index (χ3n) is 7.93. The zero-order valence-electron chi connectivity index (χ0n) is 28.8. The largest absolute Gasteiger partial charge is 0.387 e. The Labute approximate surface area is 318 Å². The average Bonchev–Trinajstić information content (AvgIpc) is 3.22. The molecule has 0 aromatic heterocycles. The van der Waals surface area contributed by atoms with E-state index in [1.807, 2.05) is 60.7 Å². The van der Waals surface area contributed by atoms with Crippen LogP contribution in [0.25, 0.3) is 0 Å². The number of sulfone groups is 2. The van der Waals surface area contributed by atoms with Crippen LogP contribution in [-0.4, -0.2) is 46.4 Å². The number of hydrogen-bond donors (Lipinski definition) is 4. The Morgan fingerprint density at radius 2 is 0.870 bits per heavy atom. The van der Waals surface area contributed by atoms with E-state index in [1.165, 1.54) is 24.3 Å². The van der Waals surface area contributed by atoms with Gasteiger partial charge >= 0.3 is 0 Å². The molecule has 5 N–H and O–H groups in total. The smallest absolute Gasteiger partial charge is 0.206 e. The molecule has 0 spiro atoms. The molecule has 2 atom stereocenters. The first-order valence-corrected chi connectivity index (χ1v) is 19.6. The van der Waals surface area contributed by atoms with E-state index in [0.717, 1.165) is 16.7 Å². The molecule has 54 heavy (non-hydrogen) atoms. The Bertz CT molecular complexity index is 2190. The van der Waals surface area contributed by atoms with E-state index in [2.05, 4.69) is 5.32 Å². The van der Waals surface area contributed by atoms with E-state index in [1.54, 1.807) is 84.9 Å². The van der Waals surface area contributed by atoms with Gasteiger partial charge in [-0.1, -0.05) is 129 Å². The third kappa shape index (κ3) is 12.4. The molecule has 282 valence electrons. The van der Waals surface area contributed by atoms with Crippen molar-refractivity contribution >= 4 is 26.0 Å². The summed E-state index contributed by atoms with van der Waals surface area (Å²) in [5, 5.41) is 22.5. The minimum Gasteiger partial charge on any atom is -0.387 e. The molecule has 0 heterocycles. The lowest BCUT2D eigenvalue weighted by Crippen LogP contribution is -2.21. The van der Waals surface area contributed by atoms with E-state index < -0.39 is 31.9 Å². The van der Waals surface area contributed by atoms with Crippen molar-refractivity contribution in [2.24, 2.45) is 5.73 Å². The van der Waals surface area contributed by atoms with Gasteiger partial charge < -0.3 is 21.3 Å². The van der Waals surface area contributed by atoms with E-state index in [4.69, 9.17) is 5.73 Å². The number of aliphatic hydroxyl groups is 2. The van der Waals surface area contributed by atoms with Crippen LogP contribution < -0.4 is 11.1 Å². The van der Waals surface area contributed by atoms with Gasteiger partial charge in [0.25, 0.3) is 0 Å². The van der Waals surface area contributed by atoms with Crippen molar-refractivity contribution in [3.05, 3.63) is 192 Å². The third-order valence-corrected chi connectivity index (χ3v) is 11.5. The molecule has 0 aliphatic rings. The summed E-state index contributed by atoms with van der Waals surface area (Å²) in [5.41, 5.74) is 8.41. The first-order valence-electron chi connectivity index (χ1n) is 16.7. The molecular weight excluding hydrogens is 721 g/mol. The summed E-state index contributed by atoms with van der Waals surface area (Å²) >= 11 is 0. The van der Waals surface area contributed by atoms with Gasteiger partial charge in [0.1, 0.15) is 6.29 Å². The van der Waals surface area contributed by atoms with E-state index >= 15 is 0 Å². The molecule has 6 rings (SSSR count). The number of benzene rings is 6. The number of nitrogens with two attached hydrogens (primary N) is 1. The van der Waals surface area contributed by atoms with Gasteiger partial charge in [0.2, 0.25) is 19.7 Å². The zero-order chi connectivity index (χ0) is 38.1. The number of aliphatic hydroxyl groups excluding tert-OH is 2. The van der Waals surface area contributed by atoms with Gasteiger partial charge in [-0.3, -0.25) is 4.79 Å². The second-order valence-corrected chi connectivity index (χ2v) is 15.6. The molecule has 0 saturated carbocycles. The Morgan fingerprint density at radius 3 is 1.26 bits per heavy atom. The quantitative estimate of drug-likeness (QED) is 0.0962. The van der Waals surface area contributed by atoms with Crippen LogP contribution in [0.15, 0.2) is 189 Å². The van der Waals surface area contributed by atoms with Crippen LogP contribution in [0.4, 0.5) is 0 Å². The van der Waals surface area contributed by atoms with Gasteiger partial charge in [-0.25, -0.2) is 16.8 Å². The maximum atomic E-state index is 12.6. The van der Waals surface area contributed by atoms with Crippen molar-refractivity contribution in [3.8, 4) is 0 Å². The number of aldehydes is 1. The van der Waals surface area contributed by atoms with Crippen molar-refractivity contribution in [2.75, 3.05) is 13.1 Å². The minimum absolute atomic E-state index is 0. The molecule has 0 radical (unpaired) electrons. The van der Waals surface area contributed by atoms with Crippen molar-refractivity contribution in [1.82, 2.24) is 5.32 Å². The lowest BCUT2D eigenvalue weighted by Gasteiger charge is -2.12. The normalized spacial score (nSPS) is 12.0. The molecule has 0 unspecified atom stereocenters. The monoisotopic (exact) mass is 766 g/mol. The van der Waals surface area contributed by atoms with Crippen LogP contribution in [0, 0.1) is 0 Å². The van der Waals surface area contributed by atoms with Gasteiger partial charge in [0.05, 0.1) is 31.8 Å². The van der Waals surface area contributed by atoms with Crippen LogP contribution in [0.5, 0.6) is 0 Å². The second kappa shape index (κ2) is 21.4. The molecule has 6 aromatic rings. The summed E-state index contributed by atoms with van der Waals surface area (Å²) < 4.78 is 49.4. The lowest BCUT2D eigenvalue weighted by molar-refractivity contribution is 0.112. The molecule has 0 aliphatic heterocycles. The van der Waals surface area contributed by atoms with Gasteiger partial charge in [0.15, 0.2) is 0 Å². The van der Waals surface area contributed by atoms with Crippen molar-refractivity contribution in [3.63, 3.8) is 0 Å². The van der Waals surface area contributed by atoms with Crippen molar-refractivity contribution in [2.45, 2.75) is 45.8 Å². The highest BCUT2D eigenvalue weighted by Crippen LogP contribution is 2.22. The number of hydrogen-bond acceptors (Lipinski definition) is 9. The standard InChI is InChI=1S/C21H21NO3S.C13H10O3S.C8H11NO.CH4/c23-21(18-7-3-1-4-8-18)16-22-15-17-11-13-20(14-12-17)26(24,25)19-9-5-2-6-10-19;14-10-11-6-8-13(9-7-11)17(15,16)12-4-2-1-3-5-12;9-6-8(10)7-4-2-1-3-5-7;/h1-14,21-23H,15-16H2;1-10H;1-5,8,10H,6,9H2;1H4/t21-;;8-;/m1.1./s1. The fourth-order valence-corrected chi connectivity index (χ4v) is 7.50. The molecule has 0 saturated heterocycles. The Morgan fingerprint density at radius 1 is 0.519 bits per heavy atom. The summed E-state index contributed by atoms with van der Waals surface area (Å²) in [6.07, 6.45) is -0.408. The number of nitrogens with one attached hydrogen (secondary N) is 1. The van der Waals surface area contributed by atoms with E-state index in [9.17, 15) is 31.8 Å². The average molecular weight is 767 g/mol. The molecule has 0 amide bonds. The Hall–Kier alpha value is -5.27. The van der Waals surface area contributed by atoms with Crippen LogP contribution in [0.2, 0.25) is 0 Å². The maximum absolute atomic E-state index is 12.6. The SMILES string of the molecule is C.NC[C@@H](O)c1ccccc1.O=Cc1ccc(S(=O)(=O)c2ccccc2)cc1.O=S(=O)(c1ccccc1)c1ccc(CNC[C@@H](O)c2ccccc2)cc1. The molecule has 0 bridgehead atoms. The van der Waals surface area contributed by atoms with Crippen molar-refractivity contribution in [1.29, 1.82) is 0 Å². The highest BCUT2D eigenvalue weighted by Gasteiger charge is 2.18. The highest BCUT2D eigenvalue weighted by molar-refractivity contribution is 7.91. The molecule has 11 heteroatoms. The van der Waals surface area contributed by atoms with Gasteiger partial charge in [-0.15, -0.1) is 0 Å². The van der Waals surface area contributed by atoms with Crippen molar-refractivity contribution < 1.29 is 31.8 Å². The fourth-order valence-electron chi connectivity index (χ4n) is 4.94. The predicted molar refractivity (Wildman–Crippen MR) is 212 cm³/mol. The molecule has 9 nitrogen and oxygen atoms in total. The molecular formula is C43H46N2O7S2. The molecule has 0 aliphatic carbocycles. The number of carbonyl (C=O) groups excluding carboxylic acids is 1. The minimum atomic E-state index is -3.49. The van der Waals surface area contributed by atoms with Crippen LogP contribution in [-0.2, 0) is 26.2 Å². The van der Waals surface area contributed by atoms with Gasteiger partial charge in [-0.2, -0.15) is 0 Å². The van der Waals surface area contributed by atoms with E-state index in [0.29, 0.717) is 24.9 Å². The van der Waals surface area contributed by atoms with Crippen LogP contribution in [0.3, 0.4) is 0 Å². The predicted octanol–water partition coefficient (Wildman–Crippen LogP) is 6.99. The summed E-state index contributed by atoms with van der Waals surface area (Å²) in [4.78, 5) is 11.5. The molecule has 6 aromatic carbocycles. The first-order chi connectivity index (χ1) is 25.6. The summed E-state index contributed by atoms with van der Waals surface area (Å²) in [6.45, 7) is 1.26. The summed E-state index contributed by atoms with van der Waals surface area (Å²) in [7, 11) is -6.97. The Kier molecular flexibility index (Phi) is 17.1. The zero-order valence-corrected chi connectivity index (χ0v) is 30.5. The van der Waals surface area contributed by atoms with Gasteiger partial charge in [0, 0.05) is 25.2 Å².